The zero-order valence-electron chi connectivity index (χ0n) is 16.2. The standard InChI is InChI=1S/C21H24N6O/c1-14-10-20(24-26(14)15(2)16-8-9-16)23-21(28)25-12-17-11-22-27(19(17)13-25)18-6-4-3-5-7-18/h3-7,10-11,15-16H,8-9,12-13H2,1-2H3,(H,23,24,28). The lowest BCUT2D eigenvalue weighted by atomic mass is 10.2. The van der Waals surface area contributed by atoms with Gasteiger partial charge in [-0.1, -0.05) is 18.2 Å². The predicted molar refractivity (Wildman–Crippen MR) is 106 cm³/mol. The van der Waals surface area contributed by atoms with Gasteiger partial charge in [-0.05, 0) is 44.7 Å². The van der Waals surface area contributed by atoms with Gasteiger partial charge in [0.25, 0.3) is 0 Å². The van der Waals surface area contributed by atoms with E-state index in [0.29, 0.717) is 24.9 Å². The summed E-state index contributed by atoms with van der Waals surface area (Å²) in [7, 11) is 0. The van der Waals surface area contributed by atoms with E-state index in [1.54, 1.807) is 4.90 Å². The monoisotopic (exact) mass is 376 g/mol. The van der Waals surface area contributed by atoms with Crippen molar-refractivity contribution in [2.24, 2.45) is 5.92 Å². The first kappa shape index (κ1) is 17.0. The van der Waals surface area contributed by atoms with Crippen LogP contribution in [0.1, 0.15) is 42.8 Å². The summed E-state index contributed by atoms with van der Waals surface area (Å²) in [6, 6.07) is 12.2. The number of benzene rings is 1. The minimum absolute atomic E-state index is 0.125. The summed E-state index contributed by atoms with van der Waals surface area (Å²) in [5.41, 5.74) is 4.24. The number of rotatable bonds is 4. The molecule has 1 saturated carbocycles. The van der Waals surface area contributed by atoms with Gasteiger partial charge in [-0.2, -0.15) is 10.2 Å². The van der Waals surface area contributed by atoms with Crippen molar-refractivity contribution in [3.05, 3.63) is 59.5 Å². The molecule has 3 heterocycles. The summed E-state index contributed by atoms with van der Waals surface area (Å²) in [6.07, 6.45) is 4.39. The van der Waals surface area contributed by atoms with Crippen molar-refractivity contribution < 1.29 is 4.79 Å². The average Bonchev–Trinajstić information content (AvgIpc) is 3.18. The summed E-state index contributed by atoms with van der Waals surface area (Å²) in [6.45, 7) is 5.35. The molecule has 144 valence electrons. The van der Waals surface area contributed by atoms with Gasteiger partial charge in [-0.3, -0.25) is 10.00 Å². The molecule has 2 amide bonds. The lowest BCUT2D eigenvalue weighted by Gasteiger charge is -2.16. The molecule has 0 saturated heterocycles. The Morgan fingerprint density at radius 3 is 2.75 bits per heavy atom. The maximum absolute atomic E-state index is 12.8. The van der Waals surface area contributed by atoms with Crippen LogP contribution in [-0.2, 0) is 13.1 Å². The van der Waals surface area contributed by atoms with E-state index < -0.39 is 0 Å². The summed E-state index contributed by atoms with van der Waals surface area (Å²) in [5.74, 6) is 1.34. The number of carbonyl (C=O) groups excluding carboxylic acids is 1. The molecule has 0 spiro atoms. The average molecular weight is 376 g/mol. The van der Waals surface area contributed by atoms with Crippen LogP contribution in [0.2, 0.25) is 0 Å². The number of urea groups is 1. The molecule has 1 fully saturated rings. The molecule has 2 aromatic heterocycles. The van der Waals surface area contributed by atoms with Crippen LogP contribution >= 0.6 is 0 Å². The van der Waals surface area contributed by atoms with Crippen molar-refractivity contribution in [3.63, 3.8) is 0 Å². The lowest BCUT2D eigenvalue weighted by molar-refractivity contribution is 0.211. The summed E-state index contributed by atoms with van der Waals surface area (Å²) >= 11 is 0. The number of nitrogens with one attached hydrogen (secondary N) is 1. The Bertz CT molecular complexity index is 1020. The van der Waals surface area contributed by atoms with Crippen LogP contribution in [0.25, 0.3) is 5.69 Å². The number of fused-ring (bicyclic) bond motifs is 1. The van der Waals surface area contributed by atoms with E-state index in [4.69, 9.17) is 0 Å². The maximum atomic E-state index is 12.8. The van der Waals surface area contributed by atoms with Crippen LogP contribution < -0.4 is 5.32 Å². The molecule has 7 heteroatoms. The lowest BCUT2D eigenvalue weighted by Crippen LogP contribution is -2.31. The van der Waals surface area contributed by atoms with Crippen molar-refractivity contribution >= 4 is 11.8 Å². The third-order valence-corrected chi connectivity index (χ3v) is 5.79. The minimum atomic E-state index is -0.125. The fourth-order valence-electron chi connectivity index (χ4n) is 4.01. The Morgan fingerprint density at radius 2 is 2.00 bits per heavy atom. The highest BCUT2D eigenvalue weighted by Gasteiger charge is 2.31. The first-order chi connectivity index (χ1) is 13.6. The van der Waals surface area contributed by atoms with E-state index >= 15 is 0 Å². The highest BCUT2D eigenvalue weighted by atomic mass is 16.2. The topological polar surface area (TPSA) is 68.0 Å². The van der Waals surface area contributed by atoms with Crippen LogP contribution in [0.15, 0.2) is 42.6 Å². The molecule has 1 atom stereocenters. The molecule has 1 N–H and O–H groups in total. The molecule has 1 aliphatic carbocycles. The van der Waals surface area contributed by atoms with Gasteiger partial charge < -0.3 is 4.90 Å². The van der Waals surface area contributed by atoms with Gasteiger partial charge in [0, 0.05) is 17.3 Å². The largest absolute Gasteiger partial charge is 0.323 e. The Hall–Kier alpha value is -3.09. The number of aryl methyl sites for hydroxylation is 1. The number of anilines is 1. The quantitative estimate of drug-likeness (QED) is 0.751. The highest BCUT2D eigenvalue weighted by Crippen LogP contribution is 2.39. The molecular weight excluding hydrogens is 352 g/mol. The normalized spacial score (nSPS) is 16.9. The molecule has 3 aromatic rings. The first-order valence-corrected chi connectivity index (χ1v) is 9.83. The number of hydrogen-bond acceptors (Lipinski definition) is 3. The Morgan fingerprint density at radius 1 is 1.21 bits per heavy atom. The summed E-state index contributed by atoms with van der Waals surface area (Å²) < 4.78 is 3.96. The summed E-state index contributed by atoms with van der Waals surface area (Å²) in [4.78, 5) is 14.6. The molecule has 2 aliphatic rings. The third-order valence-electron chi connectivity index (χ3n) is 5.79. The Balaban J connectivity index is 1.29. The van der Waals surface area contributed by atoms with Gasteiger partial charge in [0.2, 0.25) is 0 Å². The van der Waals surface area contributed by atoms with E-state index in [-0.39, 0.29) is 6.03 Å². The molecule has 5 rings (SSSR count). The zero-order valence-corrected chi connectivity index (χ0v) is 16.2. The van der Waals surface area contributed by atoms with Crippen molar-refractivity contribution in [1.29, 1.82) is 0 Å². The zero-order chi connectivity index (χ0) is 19.3. The van der Waals surface area contributed by atoms with Gasteiger partial charge in [-0.15, -0.1) is 0 Å². The second kappa shape index (κ2) is 6.51. The first-order valence-electron chi connectivity index (χ1n) is 9.83. The number of hydrogen-bond donors (Lipinski definition) is 1. The van der Waals surface area contributed by atoms with Crippen molar-refractivity contribution in [2.45, 2.75) is 45.8 Å². The number of nitrogens with zero attached hydrogens (tertiary/aromatic N) is 5. The van der Waals surface area contributed by atoms with Crippen LogP contribution in [0.4, 0.5) is 10.6 Å². The van der Waals surface area contributed by atoms with Gasteiger partial charge in [0.1, 0.15) is 0 Å². The van der Waals surface area contributed by atoms with Crippen molar-refractivity contribution in [1.82, 2.24) is 24.5 Å². The van der Waals surface area contributed by atoms with E-state index in [9.17, 15) is 4.79 Å². The number of para-hydroxylation sites is 1. The molecule has 28 heavy (non-hydrogen) atoms. The number of aromatic nitrogens is 4. The molecule has 7 nitrogen and oxygen atoms in total. The fraction of sp³-hybridized carbons (Fsp3) is 0.381. The van der Waals surface area contributed by atoms with Crippen LogP contribution in [0.3, 0.4) is 0 Å². The number of carbonyl (C=O) groups is 1. The second-order valence-corrected chi connectivity index (χ2v) is 7.84. The maximum Gasteiger partial charge on any atom is 0.323 e. The molecule has 1 unspecified atom stereocenters. The number of amides is 2. The second-order valence-electron chi connectivity index (χ2n) is 7.84. The Labute approximate surface area is 164 Å². The molecule has 0 bridgehead atoms. The molecule has 1 aliphatic heterocycles. The summed E-state index contributed by atoms with van der Waals surface area (Å²) in [5, 5.41) is 12.1. The Kier molecular flexibility index (Phi) is 3.96. The van der Waals surface area contributed by atoms with E-state index in [2.05, 4.69) is 22.4 Å². The van der Waals surface area contributed by atoms with E-state index in [1.165, 1.54) is 12.8 Å². The van der Waals surface area contributed by atoms with Crippen LogP contribution in [0, 0.1) is 12.8 Å². The SMILES string of the molecule is Cc1cc(NC(=O)N2Cc3cnn(-c4ccccc4)c3C2)nn1C(C)C1CC1. The minimum Gasteiger partial charge on any atom is -0.314 e. The van der Waals surface area contributed by atoms with Gasteiger partial charge in [0.05, 0.1) is 36.7 Å². The van der Waals surface area contributed by atoms with Crippen molar-refractivity contribution in [2.75, 3.05) is 5.32 Å². The van der Waals surface area contributed by atoms with Gasteiger partial charge in [-0.25, -0.2) is 9.48 Å². The van der Waals surface area contributed by atoms with E-state index in [0.717, 1.165) is 28.6 Å². The molecule has 1 aromatic carbocycles. The molecule has 0 radical (unpaired) electrons. The predicted octanol–water partition coefficient (Wildman–Crippen LogP) is 3.90. The van der Waals surface area contributed by atoms with Gasteiger partial charge >= 0.3 is 6.03 Å². The van der Waals surface area contributed by atoms with Gasteiger partial charge in [0.15, 0.2) is 5.82 Å². The smallest absolute Gasteiger partial charge is 0.314 e. The van der Waals surface area contributed by atoms with Crippen LogP contribution in [-0.4, -0.2) is 30.5 Å². The van der Waals surface area contributed by atoms with Crippen LogP contribution in [0.5, 0.6) is 0 Å². The highest BCUT2D eigenvalue weighted by molar-refractivity contribution is 5.88. The fourth-order valence-corrected chi connectivity index (χ4v) is 4.01. The van der Waals surface area contributed by atoms with E-state index in [1.807, 2.05) is 58.9 Å². The van der Waals surface area contributed by atoms with Crippen molar-refractivity contribution in [3.8, 4) is 5.69 Å². The third kappa shape index (κ3) is 2.96. The molecular formula is C21H24N6O.